The van der Waals surface area contributed by atoms with Gasteiger partial charge in [0, 0.05) is 0 Å². The molecule has 8 nitrogen and oxygen atoms in total. The van der Waals surface area contributed by atoms with E-state index in [0.717, 1.165) is 28.8 Å². The summed E-state index contributed by atoms with van der Waals surface area (Å²) in [5.41, 5.74) is 0.643. The third-order valence-corrected chi connectivity index (χ3v) is 4.64. The summed E-state index contributed by atoms with van der Waals surface area (Å²) in [6, 6.07) is 6.85. The molecule has 1 aliphatic carbocycles. The number of urea groups is 1. The molecule has 1 aliphatic heterocycles. The van der Waals surface area contributed by atoms with Crippen LogP contribution in [0.5, 0.6) is 0 Å². The van der Waals surface area contributed by atoms with E-state index in [1.165, 1.54) is 0 Å². The second kappa shape index (κ2) is 5.05. The Kier molecular flexibility index (Phi) is 3.09. The second-order valence-electron chi connectivity index (χ2n) is 6.45. The molecule has 2 aromatic rings. The van der Waals surface area contributed by atoms with Crippen molar-refractivity contribution in [2.45, 2.75) is 25.3 Å². The van der Waals surface area contributed by atoms with Gasteiger partial charge in [0.2, 0.25) is 11.9 Å². The van der Waals surface area contributed by atoms with E-state index in [9.17, 15) is 14.4 Å². The van der Waals surface area contributed by atoms with Gasteiger partial charge in [-0.25, -0.2) is 9.78 Å². The quantitative estimate of drug-likeness (QED) is 0.734. The molecule has 24 heavy (non-hydrogen) atoms. The van der Waals surface area contributed by atoms with Crippen molar-refractivity contribution in [1.29, 1.82) is 0 Å². The first-order valence-corrected chi connectivity index (χ1v) is 7.86. The highest BCUT2D eigenvalue weighted by Crippen LogP contribution is 2.42. The summed E-state index contributed by atoms with van der Waals surface area (Å²) in [4.78, 5) is 44.9. The molecule has 1 saturated carbocycles. The maximum atomic E-state index is 12.5. The molecule has 1 aromatic heterocycles. The molecule has 1 saturated heterocycles. The highest BCUT2D eigenvalue weighted by atomic mass is 16.2. The van der Waals surface area contributed by atoms with Gasteiger partial charge in [-0.1, -0.05) is 12.1 Å². The molecular weight excluding hydrogens is 310 g/mol. The van der Waals surface area contributed by atoms with Crippen molar-refractivity contribution >= 4 is 34.8 Å². The molecule has 124 valence electrons. The van der Waals surface area contributed by atoms with Gasteiger partial charge >= 0.3 is 6.03 Å². The number of H-pyrrole nitrogens is 1. The molecule has 0 spiro atoms. The normalized spacial score (nSPS) is 23.6. The number of imidazole rings is 1. The summed E-state index contributed by atoms with van der Waals surface area (Å²) in [6.45, 7) is 1.39. The molecule has 1 unspecified atom stereocenters. The van der Waals surface area contributed by atoms with Crippen LogP contribution >= 0.6 is 0 Å². The molecule has 2 aliphatic rings. The standard InChI is InChI=1S/C16H17N5O3/c1-16(9-6-7-9)13(23)21(15(24)20-16)8-12(22)19-14-17-10-4-2-3-5-11(10)18-14/h2-5,9H,6-8H2,1H3,(H,20,24)(H2,17,18,19,22). The molecule has 0 bridgehead atoms. The number of anilines is 1. The predicted molar refractivity (Wildman–Crippen MR) is 86.1 cm³/mol. The Labute approximate surface area is 137 Å². The summed E-state index contributed by atoms with van der Waals surface area (Å²) in [7, 11) is 0. The van der Waals surface area contributed by atoms with E-state index in [1.807, 2.05) is 24.3 Å². The third-order valence-electron chi connectivity index (χ3n) is 4.64. The average Bonchev–Trinajstić information content (AvgIpc) is 3.28. The Morgan fingerprint density at radius 2 is 2.12 bits per heavy atom. The molecule has 2 fully saturated rings. The first-order chi connectivity index (χ1) is 11.5. The van der Waals surface area contributed by atoms with Gasteiger partial charge in [-0.3, -0.25) is 19.8 Å². The number of nitrogens with one attached hydrogen (secondary N) is 3. The molecule has 8 heteroatoms. The smallest absolute Gasteiger partial charge is 0.324 e. The van der Waals surface area contributed by atoms with Crippen molar-refractivity contribution in [3.05, 3.63) is 24.3 Å². The molecule has 4 amide bonds. The lowest BCUT2D eigenvalue weighted by atomic mass is 9.96. The zero-order valence-electron chi connectivity index (χ0n) is 13.1. The molecule has 1 aromatic carbocycles. The van der Waals surface area contributed by atoms with Gasteiger partial charge in [-0.2, -0.15) is 0 Å². The van der Waals surface area contributed by atoms with E-state index in [4.69, 9.17) is 0 Å². The van der Waals surface area contributed by atoms with Gasteiger partial charge in [0.15, 0.2) is 0 Å². The summed E-state index contributed by atoms with van der Waals surface area (Å²) in [6.07, 6.45) is 1.84. The van der Waals surface area contributed by atoms with Crippen LogP contribution in [0.3, 0.4) is 0 Å². The van der Waals surface area contributed by atoms with Crippen molar-refractivity contribution in [3.63, 3.8) is 0 Å². The molecule has 1 atom stereocenters. The molecule has 0 radical (unpaired) electrons. The van der Waals surface area contributed by atoms with Gasteiger partial charge in [0.1, 0.15) is 12.1 Å². The Morgan fingerprint density at radius 3 is 2.83 bits per heavy atom. The highest BCUT2D eigenvalue weighted by Gasteiger charge is 2.56. The molecule has 2 heterocycles. The number of fused-ring (bicyclic) bond motifs is 1. The third kappa shape index (κ3) is 2.31. The van der Waals surface area contributed by atoms with E-state index < -0.39 is 17.5 Å². The molecular formula is C16H17N5O3. The van der Waals surface area contributed by atoms with Crippen molar-refractivity contribution in [2.24, 2.45) is 5.92 Å². The number of para-hydroxylation sites is 2. The maximum absolute atomic E-state index is 12.5. The van der Waals surface area contributed by atoms with E-state index in [0.29, 0.717) is 5.95 Å². The summed E-state index contributed by atoms with van der Waals surface area (Å²) < 4.78 is 0. The predicted octanol–water partition coefficient (Wildman–Crippen LogP) is 1.22. The number of carbonyl (C=O) groups excluding carboxylic acids is 3. The SMILES string of the molecule is CC1(C2CC2)NC(=O)N(CC(=O)Nc2nc3ccccc3[nH]2)C1=O. The first kappa shape index (κ1) is 14.7. The van der Waals surface area contributed by atoms with Crippen LogP contribution in [-0.2, 0) is 9.59 Å². The zero-order valence-corrected chi connectivity index (χ0v) is 13.1. The van der Waals surface area contributed by atoms with Crippen molar-refractivity contribution < 1.29 is 14.4 Å². The van der Waals surface area contributed by atoms with Crippen LogP contribution in [-0.4, -0.2) is 44.8 Å². The maximum Gasteiger partial charge on any atom is 0.325 e. The Morgan fingerprint density at radius 1 is 1.38 bits per heavy atom. The Hall–Kier alpha value is -2.90. The number of hydrogen-bond acceptors (Lipinski definition) is 4. The minimum atomic E-state index is -0.878. The van der Waals surface area contributed by atoms with Crippen LogP contribution in [0.1, 0.15) is 19.8 Å². The van der Waals surface area contributed by atoms with Crippen LogP contribution < -0.4 is 10.6 Å². The van der Waals surface area contributed by atoms with Gasteiger partial charge in [-0.05, 0) is 37.8 Å². The number of rotatable bonds is 4. The number of aromatic amines is 1. The summed E-state index contributed by atoms with van der Waals surface area (Å²) in [5.74, 6) is -0.358. The Bertz CT molecular complexity index is 823. The van der Waals surface area contributed by atoms with Gasteiger partial charge < -0.3 is 10.3 Å². The van der Waals surface area contributed by atoms with Gasteiger partial charge in [0.25, 0.3) is 5.91 Å². The van der Waals surface area contributed by atoms with Crippen LogP contribution in [0.25, 0.3) is 11.0 Å². The fourth-order valence-electron chi connectivity index (χ4n) is 3.12. The minimum Gasteiger partial charge on any atom is -0.324 e. The lowest BCUT2D eigenvalue weighted by Gasteiger charge is -2.20. The topological polar surface area (TPSA) is 107 Å². The number of amides is 4. The monoisotopic (exact) mass is 327 g/mol. The molecule has 4 rings (SSSR count). The number of carbonyl (C=O) groups is 3. The fraction of sp³-hybridized carbons (Fsp3) is 0.375. The number of benzene rings is 1. The largest absolute Gasteiger partial charge is 0.325 e. The number of hydrogen-bond donors (Lipinski definition) is 3. The van der Waals surface area contributed by atoms with E-state index >= 15 is 0 Å². The lowest BCUT2D eigenvalue weighted by molar-refractivity contribution is -0.134. The van der Waals surface area contributed by atoms with Crippen LogP contribution in [0.4, 0.5) is 10.7 Å². The first-order valence-electron chi connectivity index (χ1n) is 7.86. The van der Waals surface area contributed by atoms with E-state index in [-0.39, 0.29) is 18.4 Å². The zero-order chi connectivity index (χ0) is 16.9. The van der Waals surface area contributed by atoms with Crippen molar-refractivity contribution in [2.75, 3.05) is 11.9 Å². The summed E-state index contributed by atoms with van der Waals surface area (Å²) >= 11 is 0. The highest BCUT2D eigenvalue weighted by molar-refractivity contribution is 6.10. The minimum absolute atomic E-state index is 0.164. The fourth-order valence-corrected chi connectivity index (χ4v) is 3.12. The van der Waals surface area contributed by atoms with Gasteiger partial charge in [-0.15, -0.1) is 0 Å². The van der Waals surface area contributed by atoms with E-state index in [1.54, 1.807) is 6.92 Å². The van der Waals surface area contributed by atoms with Crippen LogP contribution in [0.15, 0.2) is 24.3 Å². The van der Waals surface area contributed by atoms with E-state index in [2.05, 4.69) is 20.6 Å². The number of aromatic nitrogens is 2. The lowest BCUT2D eigenvalue weighted by Crippen LogP contribution is -2.46. The van der Waals surface area contributed by atoms with Crippen LogP contribution in [0, 0.1) is 5.92 Å². The summed E-state index contributed by atoms with van der Waals surface area (Å²) in [5, 5.41) is 5.31. The van der Waals surface area contributed by atoms with Crippen LogP contribution in [0.2, 0.25) is 0 Å². The van der Waals surface area contributed by atoms with Crippen molar-refractivity contribution in [3.8, 4) is 0 Å². The average molecular weight is 327 g/mol. The molecule has 3 N–H and O–H groups in total. The Balaban J connectivity index is 1.46. The van der Waals surface area contributed by atoms with Gasteiger partial charge in [0.05, 0.1) is 11.0 Å². The number of imide groups is 1. The van der Waals surface area contributed by atoms with Crippen molar-refractivity contribution in [1.82, 2.24) is 20.2 Å². The number of nitrogens with zero attached hydrogens (tertiary/aromatic N) is 2. The second-order valence-corrected chi connectivity index (χ2v) is 6.45.